The number of carbonyl (C=O) groups excluding carboxylic acids is 2. The molecule has 0 saturated carbocycles. The summed E-state index contributed by atoms with van der Waals surface area (Å²) in [6.45, 7) is 6.44. The summed E-state index contributed by atoms with van der Waals surface area (Å²) < 4.78 is 14.4. The molecule has 0 radical (unpaired) electrons. The van der Waals surface area contributed by atoms with E-state index in [1.54, 1.807) is 23.5 Å². The first kappa shape index (κ1) is 23.2. The van der Waals surface area contributed by atoms with E-state index in [1.165, 1.54) is 21.9 Å². The summed E-state index contributed by atoms with van der Waals surface area (Å²) >= 11 is 1.73. The SMILES string of the molecule is CCC(C)N(CC(=O)N1CCc2sccc2C1c1ccccc1C)C(=O)c1ccccc1F. The van der Waals surface area contributed by atoms with E-state index in [-0.39, 0.29) is 30.1 Å². The summed E-state index contributed by atoms with van der Waals surface area (Å²) in [4.78, 5) is 31.7. The molecule has 33 heavy (non-hydrogen) atoms. The van der Waals surface area contributed by atoms with E-state index in [0.29, 0.717) is 13.0 Å². The maximum Gasteiger partial charge on any atom is 0.257 e. The Balaban J connectivity index is 1.67. The van der Waals surface area contributed by atoms with Crippen LogP contribution in [0.4, 0.5) is 4.39 Å². The number of thiophene rings is 1. The molecule has 172 valence electrons. The van der Waals surface area contributed by atoms with Gasteiger partial charge in [-0.1, -0.05) is 43.3 Å². The zero-order valence-electron chi connectivity index (χ0n) is 19.3. The lowest BCUT2D eigenvalue weighted by Crippen LogP contribution is -2.49. The summed E-state index contributed by atoms with van der Waals surface area (Å²) in [5.41, 5.74) is 3.38. The van der Waals surface area contributed by atoms with Crippen molar-refractivity contribution >= 4 is 23.2 Å². The molecule has 4 nitrogen and oxygen atoms in total. The van der Waals surface area contributed by atoms with E-state index < -0.39 is 11.7 Å². The van der Waals surface area contributed by atoms with Gasteiger partial charge in [0.2, 0.25) is 5.91 Å². The normalized spacial score (nSPS) is 16.2. The van der Waals surface area contributed by atoms with Crippen LogP contribution in [-0.2, 0) is 11.2 Å². The number of rotatable bonds is 6. The standard InChI is InChI=1S/C27H29FN2O2S/c1-4-19(3)30(27(32)21-11-7-8-12-23(21)28)17-25(31)29-15-13-24-22(14-16-33-24)26(29)20-10-6-5-9-18(20)2/h5-12,14,16,19,26H,4,13,15,17H2,1-3H3. The summed E-state index contributed by atoms with van der Waals surface area (Å²) in [5, 5.41) is 2.08. The first-order valence-corrected chi connectivity index (χ1v) is 12.3. The predicted octanol–water partition coefficient (Wildman–Crippen LogP) is 5.61. The van der Waals surface area contributed by atoms with Gasteiger partial charge in [-0.2, -0.15) is 0 Å². The van der Waals surface area contributed by atoms with Gasteiger partial charge in [0.1, 0.15) is 12.4 Å². The van der Waals surface area contributed by atoms with Gasteiger partial charge < -0.3 is 9.80 Å². The molecule has 1 aliphatic heterocycles. The van der Waals surface area contributed by atoms with Gasteiger partial charge in [0.25, 0.3) is 5.91 Å². The van der Waals surface area contributed by atoms with Crippen molar-refractivity contribution in [2.24, 2.45) is 0 Å². The van der Waals surface area contributed by atoms with Crippen molar-refractivity contribution in [3.05, 3.63) is 92.9 Å². The smallest absolute Gasteiger partial charge is 0.257 e. The molecule has 0 fully saturated rings. The van der Waals surface area contributed by atoms with Crippen molar-refractivity contribution < 1.29 is 14.0 Å². The number of halogens is 1. The molecule has 0 bridgehead atoms. The van der Waals surface area contributed by atoms with E-state index in [9.17, 15) is 14.0 Å². The van der Waals surface area contributed by atoms with Crippen LogP contribution in [0.3, 0.4) is 0 Å². The van der Waals surface area contributed by atoms with Crippen LogP contribution >= 0.6 is 11.3 Å². The number of hydrogen-bond donors (Lipinski definition) is 0. The molecule has 2 amide bonds. The van der Waals surface area contributed by atoms with Crippen LogP contribution < -0.4 is 0 Å². The van der Waals surface area contributed by atoms with Crippen LogP contribution in [0, 0.1) is 12.7 Å². The third kappa shape index (κ3) is 4.58. The second-order valence-electron chi connectivity index (χ2n) is 8.57. The highest BCUT2D eigenvalue weighted by atomic mass is 32.1. The maximum absolute atomic E-state index is 14.4. The van der Waals surface area contributed by atoms with Crippen LogP contribution in [0.2, 0.25) is 0 Å². The number of fused-ring (bicyclic) bond motifs is 1. The number of amides is 2. The fourth-order valence-electron chi connectivity index (χ4n) is 4.49. The largest absolute Gasteiger partial charge is 0.330 e. The van der Waals surface area contributed by atoms with E-state index in [4.69, 9.17) is 0 Å². The molecule has 2 unspecified atom stereocenters. The number of hydrogen-bond acceptors (Lipinski definition) is 3. The van der Waals surface area contributed by atoms with Crippen molar-refractivity contribution in [2.45, 2.75) is 45.7 Å². The molecule has 3 aromatic rings. The van der Waals surface area contributed by atoms with Crippen molar-refractivity contribution in [1.82, 2.24) is 9.80 Å². The van der Waals surface area contributed by atoms with E-state index in [0.717, 1.165) is 23.1 Å². The summed E-state index contributed by atoms with van der Waals surface area (Å²) in [6.07, 6.45) is 1.47. The Kier molecular flexibility index (Phi) is 6.94. The molecular formula is C27H29FN2O2S. The van der Waals surface area contributed by atoms with E-state index >= 15 is 0 Å². The average Bonchev–Trinajstić information content (AvgIpc) is 3.30. The minimum Gasteiger partial charge on any atom is -0.330 e. The fourth-order valence-corrected chi connectivity index (χ4v) is 5.39. The number of aryl methyl sites for hydroxylation is 1. The van der Waals surface area contributed by atoms with Crippen LogP contribution in [0.5, 0.6) is 0 Å². The molecule has 1 aliphatic rings. The predicted molar refractivity (Wildman–Crippen MR) is 130 cm³/mol. The monoisotopic (exact) mass is 464 g/mol. The quantitative estimate of drug-likeness (QED) is 0.476. The number of benzene rings is 2. The Morgan fingerprint density at radius 3 is 2.58 bits per heavy atom. The van der Waals surface area contributed by atoms with Gasteiger partial charge in [-0.15, -0.1) is 11.3 Å². The molecule has 4 rings (SSSR count). The first-order chi connectivity index (χ1) is 15.9. The lowest BCUT2D eigenvalue weighted by atomic mass is 9.90. The third-order valence-corrected chi connectivity index (χ3v) is 7.56. The maximum atomic E-state index is 14.4. The molecular weight excluding hydrogens is 435 g/mol. The van der Waals surface area contributed by atoms with Gasteiger partial charge in [0.15, 0.2) is 0 Å². The molecule has 2 heterocycles. The Morgan fingerprint density at radius 2 is 1.85 bits per heavy atom. The van der Waals surface area contributed by atoms with Crippen LogP contribution in [0.25, 0.3) is 0 Å². The van der Waals surface area contributed by atoms with E-state index in [2.05, 4.69) is 30.5 Å². The first-order valence-electron chi connectivity index (χ1n) is 11.4. The number of carbonyl (C=O) groups is 2. The van der Waals surface area contributed by atoms with Gasteiger partial charge in [-0.25, -0.2) is 4.39 Å². The summed E-state index contributed by atoms with van der Waals surface area (Å²) in [7, 11) is 0. The highest BCUT2D eigenvalue weighted by Crippen LogP contribution is 2.39. The van der Waals surface area contributed by atoms with Crippen molar-refractivity contribution in [1.29, 1.82) is 0 Å². The lowest BCUT2D eigenvalue weighted by molar-refractivity contribution is -0.134. The van der Waals surface area contributed by atoms with Crippen molar-refractivity contribution in [2.75, 3.05) is 13.1 Å². The third-order valence-electron chi connectivity index (χ3n) is 6.56. The lowest BCUT2D eigenvalue weighted by Gasteiger charge is -2.39. The molecule has 2 aromatic carbocycles. The second-order valence-corrected chi connectivity index (χ2v) is 9.57. The van der Waals surface area contributed by atoms with Gasteiger partial charge in [0.05, 0.1) is 11.6 Å². The molecule has 0 spiro atoms. The highest BCUT2D eigenvalue weighted by molar-refractivity contribution is 7.10. The minimum absolute atomic E-state index is 0.000168. The van der Waals surface area contributed by atoms with Crippen molar-refractivity contribution in [3.63, 3.8) is 0 Å². The highest BCUT2D eigenvalue weighted by Gasteiger charge is 2.35. The molecule has 1 aromatic heterocycles. The second kappa shape index (κ2) is 9.87. The Hall–Kier alpha value is -2.99. The number of nitrogens with zero attached hydrogens (tertiary/aromatic N) is 2. The molecule has 0 N–H and O–H groups in total. The van der Waals surface area contributed by atoms with Crippen LogP contribution in [0.15, 0.2) is 60.0 Å². The van der Waals surface area contributed by atoms with Crippen LogP contribution in [-0.4, -0.2) is 40.7 Å². The van der Waals surface area contributed by atoms with Gasteiger partial charge in [0, 0.05) is 17.5 Å². The average molecular weight is 465 g/mol. The van der Waals surface area contributed by atoms with E-state index in [1.807, 2.05) is 30.9 Å². The van der Waals surface area contributed by atoms with Gasteiger partial charge >= 0.3 is 0 Å². The molecule has 2 atom stereocenters. The molecule has 0 saturated heterocycles. The van der Waals surface area contributed by atoms with Gasteiger partial charge in [-0.05, 0) is 67.0 Å². The summed E-state index contributed by atoms with van der Waals surface area (Å²) in [5.74, 6) is -1.14. The van der Waals surface area contributed by atoms with Crippen LogP contribution in [0.1, 0.15) is 58.2 Å². The van der Waals surface area contributed by atoms with Crippen molar-refractivity contribution in [3.8, 4) is 0 Å². The van der Waals surface area contributed by atoms with Gasteiger partial charge in [-0.3, -0.25) is 9.59 Å². The summed E-state index contributed by atoms with van der Waals surface area (Å²) in [6, 6.07) is 15.8. The minimum atomic E-state index is -0.568. The zero-order valence-corrected chi connectivity index (χ0v) is 20.1. The Labute approximate surface area is 198 Å². The fraction of sp³-hybridized carbons (Fsp3) is 0.333. The molecule has 6 heteroatoms. The molecule has 0 aliphatic carbocycles. The Morgan fingerprint density at radius 1 is 1.12 bits per heavy atom. The Bertz CT molecular complexity index is 1160. The topological polar surface area (TPSA) is 40.6 Å². The zero-order chi connectivity index (χ0) is 23.5.